The van der Waals surface area contributed by atoms with Crippen LogP contribution in [-0.4, -0.2) is 11.7 Å². The maximum absolute atomic E-state index is 4.70. The summed E-state index contributed by atoms with van der Waals surface area (Å²) < 4.78 is 4.70. The van der Waals surface area contributed by atoms with Gasteiger partial charge in [-0.05, 0) is 25.3 Å². The standard InChI is InChI=1S/C8H12N2O/c1-2-7(1)5-9-6-8-3-4-11-10-8/h3-4,7,9H,1-2,5-6H2. The number of nitrogens with one attached hydrogen (secondary N) is 1. The Bertz CT molecular complexity index is 204. The Balaban J connectivity index is 1.66. The molecule has 1 fully saturated rings. The van der Waals surface area contributed by atoms with Crippen molar-refractivity contribution in [3.8, 4) is 0 Å². The zero-order valence-corrected chi connectivity index (χ0v) is 6.42. The van der Waals surface area contributed by atoms with Gasteiger partial charge in [-0.25, -0.2) is 0 Å². The van der Waals surface area contributed by atoms with Crippen molar-refractivity contribution in [1.82, 2.24) is 10.5 Å². The Hall–Kier alpha value is -0.830. The molecule has 0 aromatic carbocycles. The van der Waals surface area contributed by atoms with E-state index in [1.165, 1.54) is 12.8 Å². The molecule has 0 bridgehead atoms. The largest absolute Gasteiger partial charge is 0.364 e. The monoisotopic (exact) mass is 152 g/mol. The third-order valence-corrected chi connectivity index (χ3v) is 1.93. The first-order valence-corrected chi connectivity index (χ1v) is 4.05. The van der Waals surface area contributed by atoms with Gasteiger partial charge < -0.3 is 9.84 Å². The molecule has 3 heteroatoms. The predicted octanol–water partition coefficient (Wildman–Crippen LogP) is 1.17. The number of hydrogen-bond donors (Lipinski definition) is 1. The summed E-state index contributed by atoms with van der Waals surface area (Å²) in [5.41, 5.74) is 0.991. The minimum absolute atomic E-state index is 0.840. The van der Waals surface area contributed by atoms with Gasteiger partial charge >= 0.3 is 0 Å². The van der Waals surface area contributed by atoms with Crippen molar-refractivity contribution in [2.45, 2.75) is 19.4 Å². The smallest absolute Gasteiger partial charge is 0.124 e. The van der Waals surface area contributed by atoms with Crippen LogP contribution in [-0.2, 0) is 6.54 Å². The molecule has 1 aromatic heterocycles. The third kappa shape index (κ3) is 2.05. The molecule has 60 valence electrons. The van der Waals surface area contributed by atoms with E-state index in [1.807, 2.05) is 6.07 Å². The van der Waals surface area contributed by atoms with Crippen molar-refractivity contribution in [3.05, 3.63) is 18.0 Å². The van der Waals surface area contributed by atoms with Crippen LogP contribution in [0.4, 0.5) is 0 Å². The molecule has 3 nitrogen and oxygen atoms in total. The van der Waals surface area contributed by atoms with E-state index >= 15 is 0 Å². The van der Waals surface area contributed by atoms with Crippen molar-refractivity contribution in [2.75, 3.05) is 6.54 Å². The molecule has 1 aliphatic rings. The van der Waals surface area contributed by atoms with Gasteiger partial charge in [-0.15, -0.1) is 0 Å². The van der Waals surface area contributed by atoms with Crippen LogP contribution in [0.1, 0.15) is 18.5 Å². The van der Waals surface area contributed by atoms with Gasteiger partial charge in [-0.1, -0.05) is 5.16 Å². The highest BCUT2D eigenvalue weighted by Crippen LogP contribution is 2.27. The van der Waals surface area contributed by atoms with Gasteiger partial charge in [-0.3, -0.25) is 0 Å². The molecule has 0 saturated heterocycles. The molecule has 0 spiro atoms. The minimum Gasteiger partial charge on any atom is -0.364 e. The van der Waals surface area contributed by atoms with Gasteiger partial charge in [0.2, 0.25) is 0 Å². The van der Waals surface area contributed by atoms with E-state index < -0.39 is 0 Å². The number of hydrogen-bond acceptors (Lipinski definition) is 3. The fourth-order valence-corrected chi connectivity index (χ4v) is 1.06. The molecule has 0 aliphatic heterocycles. The number of nitrogens with zero attached hydrogens (tertiary/aromatic N) is 1. The summed E-state index contributed by atoms with van der Waals surface area (Å²) in [7, 11) is 0. The van der Waals surface area contributed by atoms with Crippen molar-refractivity contribution in [3.63, 3.8) is 0 Å². The van der Waals surface area contributed by atoms with Crippen molar-refractivity contribution in [1.29, 1.82) is 0 Å². The van der Waals surface area contributed by atoms with Crippen LogP contribution in [0, 0.1) is 5.92 Å². The SMILES string of the molecule is c1cc(CNCC2CC2)no1. The third-order valence-electron chi connectivity index (χ3n) is 1.93. The van der Waals surface area contributed by atoms with E-state index in [9.17, 15) is 0 Å². The summed E-state index contributed by atoms with van der Waals surface area (Å²) in [5, 5.41) is 7.12. The highest BCUT2D eigenvalue weighted by atomic mass is 16.5. The molecule has 2 rings (SSSR count). The Labute approximate surface area is 65.8 Å². The molecule has 11 heavy (non-hydrogen) atoms. The average molecular weight is 152 g/mol. The number of aromatic nitrogens is 1. The van der Waals surface area contributed by atoms with Crippen LogP contribution < -0.4 is 5.32 Å². The molecule has 0 atom stereocenters. The van der Waals surface area contributed by atoms with Crippen LogP contribution in [0.15, 0.2) is 16.9 Å². The predicted molar refractivity (Wildman–Crippen MR) is 40.9 cm³/mol. The number of rotatable bonds is 4. The van der Waals surface area contributed by atoms with E-state index in [2.05, 4.69) is 10.5 Å². The quantitative estimate of drug-likeness (QED) is 0.703. The van der Waals surface area contributed by atoms with E-state index in [0.29, 0.717) is 0 Å². The maximum atomic E-state index is 4.70. The second-order valence-corrected chi connectivity index (χ2v) is 3.07. The molecule has 0 radical (unpaired) electrons. The van der Waals surface area contributed by atoms with Crippen LogP contribution in [0.25, 0.3) is 0 Å². The van der Waals surface area contributed by atoms with Crippen LogP contribution >= 0.6 is 0 Å². The molecule has 0 unspecified atom stereocenters. The minimum atomic E-state index is 0.840. The molecule has 1 aliphatic carbocycles. The first-order chi connectivity index (χ1) is 5.45. The van der Waals surface area contributed by atoms with E-state index in [-0.39, 0.29) is 0 Å². The summed E-state index contributed by atoms with van der Waals surface area (Å²) in [6.45, 7) is 1.97. The lowest BCUT2D eigenvalue weighted by atomic mass is 10.4. The van der Waals surface area contributed by atoms with Crippen LogP contribution in [0.5, 0.6) is 0 Å². The van der Waals surface area contributed by atoms with E-state index in [1.54, 1.807) is 6.26 Å². The van der Waals surface area contributed by atoms with Gasteiger partial charge in [0.15, 0.2) is 0 Å². The van der Waals surface area contributed by atoms with E-state index in [0.717, 1.165) is 24.7 Å². The highest BCUT2D eigenvalue weighted by Gasteiger charge is 2.20. The first-order valence-electron chi connectivity index (χ1n) is 4.05. The summed E-state index contributed by atoms with van der Waals surface area (Å²) in [4.78, 5) is 0. The molecule has 1 saturated carbocycles. The Morgan fingerprint density at radius 1 is 1.64 bits per heavy atom. The Morgan fingerprint density at radius 3 is 3.18 bits per heavy atom. The van der Waals surface area contributed by atoms with Gasteiger partial charge in [0.25, 0.3) is 0 Å². The molecule has 0 amide bonds. The van der Waals surface area contributed by atoms with Crippen molar-refractivity contribution < 1.29 is 4.52 Å². The molecule has 1 aromatic rings. The molecular weight excluding hydrogens is 140 g/mol. The Kier molecular flexibility index (Phi) is 1.90. The summed E-state index contributed by atoms with van der Waals surface area (Å²) in [5.74, 6) is 0.932. The topological polar surface area (TPSA) is 38.1 Å². The normalized spacial score (nSPS) is 17.1. The lowest BCUT2D eigenvalue weighted by molar-refractivity contribution is 0.408. The van der Waals surface area contributed by atoms with E-state index in [4.69, 9.17) is 4.52 Å². The zero-order valence-electron chi connectivity index (χ0n) is 6.42. The molecule has 1 N–H and O–H groups in total. The average Bonchev–Trinajstić information content (AvgIpc) is 2.66. The van der Waals surface area contributed by atoms with Gasteiger partial charge in [0.05, 0.1) is 5.69 Å². The lowest BCUT2D eigenvalue weighted by Crippen LogP contribution is -2.16. The Morgan fingerprint density at radius 2 is 2.55 bits per heavy atom. The van der Waals surface area contributed by atoms with Crippen molar-refractivity contribution >= 4 is 0 Å². The summed E-state index contributed by atoms with van der Waals surface area (Å²) >= 11 is 0. The fraction of sp³-hybridized carbons (Fsp3) is 0.625. The molecular formula is C8H12N2O. The molecule has 1 heterocycles. The highest BCUT2D eigenvalue weighted by molar-refractivity contribution is 4.94. The van der Waals surface area contributed by atoms with Gasteiger partial charge in [0.1, 0.15) is 6.26 Å². The second-order valence-electron chi connectivity index (χ2n) is 3.07. The first kappa shape index (κ1) is 6.85. The second kappa shape index (κ2) is 3.05. The lowest BCUT2D eigenvalue weighted by Gasteiger charge is -1.97. The van der Waals surface area contributed by atoms with Crippen LogP contribution in [0.2, 0.25) is 0 Å². The fourth-order valence-electron chi connectivity index (χ4n) is 1.06. The van der Waals surface area contributed by atoms with Crippen molar-refractivity contribution in [2.24, 2.45) is 5.92 Å². The van der Waals surface area contributed by atoms with Gasteiger partial charge in [-0.2, -0.15) is 0 Å². The maximum Gasteiger partial charge on any atom is 0.124 e. The zero-order chi connectivity index (χ0) is 7.52. The van der Waals surface area contributed by atoms with Gasteiger partial charge in [0, 0.05) is 12.6 Å². The summed E-state index contributed by atoms with van der Waals surface area (Å²) in [6, 6.07) is 1.89. The summed E-state index contributed by atoms with van der Waals surface area (Å²) in [6.07, 6.45) is 4.39. The van der Waals surface area contributed by atoms with Crippen LogP contribution in [0.3, 0.4) is 0 Å².